The Morgan fingerprint density at radius 2 is 1.94 bits per heavy atom. The third-order valence-corrected chi connectivity index (χ3v) is 2.78. The van der Waals surface area contributed by atoms with Crippen LogP contribution in [0.15, 0.2) is 24.3 Å². The minimum Gasteiger partial charge on any atom is -0.394 e. The van der Waals surface area contributed by atoms with Crippen molar-refractivity contribution >= 4 is 5.91 Å². The molecule has 0 radical (unpaired) electrons. The maximum Gasteiger partial charge on any atom is 0.230 e. The van der Waals surface area contributed by atoms with Crippen molar-refractivity contribution in [1.82, 2.24) is 5.32 Å². The molecule has 2 N–H and O–H groups in total. The van der Waals surface area contributed by atoms with Crippen LogP contribution in [0.1, 0.15) is 26.3 Å². The second kappa shape index (κ2) is 5.27. The summed E-state index contributed by atoms with van der Waals surface area (Å²) in [6.45, 7) is 5.14. The zero-order valence-electron chi connectivity index (χ0n) is 10.3. The molecule has 0 fully saturated rings. The SMILES string of the molecule is C[C@@H](CO)NC(=O)C(C)(C)c1ccc(F)cc1. The fraction of sp³-hybridized carbons (Fsp3) is 0.462. The number of hydrogen-bond acceptors (Lipinski definition) is 2. The van der Waals surface area contributed by atoms with E-state index in [1.807, 2.05) is 0 Å². The molecule has 17 heavy (non-hydrogen) atoms. The normalized spacial score (nSPS) is 13.2. The van der Waals surface area contributed by atoms with Crippen LogP contribution in [-0.2, 0) is 10.2 Å². The second-order valence-electron chi connectivity index (χ2n) is 4.69. The van der Waals surface area contributed by atoms with Gasteiger partial charge in [0.15, 0.2) is 0 Å². The van der Waals surface area contributed by atoms with Crippen LogP contribution in [0.5, 0.6) is 0 Å². The van der Waals surface area contributed by atoms with E-state index in [0.717, 1.165) is 5.56 Å². The number of carbonyl (C=O) groups excluding carboxylic acids is 1. The van der Waals surface area contributed by atoms with Gasteiger partial charge in [-0.25, -0.2) is 4.39 Å². The first-order valence-electron chi connectivity index (χ1n) is 5.55. The summed E-state index contributed by atoms with van der Waals surface area (Å²) in [6, 6.07) is 5.57. The molecule has 0 aliphatic rings. The summed E-state index contributed by atoms with van der Waals surface area (Å²) in [7, 11) is 0. The van der Waals surface area contributed by atoms with Gasteiger partial charge in [-0.1, -0.05) is 12.1 Å². The van der Waals surface area contributed by atoms with Gasteiger partial charge in [0.1, 0.15) is 5.82 Å². The number of carbonyl (C=O) groups is 1. The lowest BCUT2D eigenvalue weighted by atomic mass is 9.83. The first kappa shape index (κ1) is 13.6. The predicted octanol–water partition coefficient (Wildman–Crippen LogP) is 1.60. The minimum atomic E-state index is -0.753. The fourth-order valence-corrected chi connectivity index (χ4v) is 1.45. The zero-order chi connectivity index (χ0) is 13.1. The number of halogens is 1. The van der Waals surface area contributed by atoms with Crippen LogP contribution < -0.4 is 5.32 Å². The number of rotatable bonds is 4. The van der Waals surface area contributed by atoms with E-state index < -0.39 is 5.41 Å². The van der Waals surface area contributed by atoms with Gasteiger partial charge in [-0.3, -0.25) is 4.79 Å². The number of aliphatic hydroxyl groups is 1. The fourth-order valence-electron chi connectivity index (χ4n) is 1.45. The van der Waals surface area contributed by atoms with E-state index in [4.69, 9.17) is 5.11 Å². The maximum atomic E-state index is 12.8. The summed E-state index contributed by atoms with van der Waals surface area (Å²) in [4.78, 5) is 12.0. The zero-order valence-corrected chi connectivity index (χ0v) is 10.3. The van der Waals surface area contributed by atoms with Gasteiger partial charge in [0.25, 0.3) is 0 Å². The summed E-state index contributed by atoms with van der Waals surface area (Å²) < 4.78 is 12.8. The first-order valence-corrected chi connectivity index (χ1v) is 5.55. The van der Waals surface area contributed by atoms with Crippen molar-refractivity contribution in [3.05, 3.63) is 35.6 Å². The Morgan fingerprint density at radius 3 is 2.41 bits per heavy atom. The largest absolute Gasteiger partial charge is 0.394 e. The maximum absolute atomic E-state index is 12.8. The highest BCUT2D eigenvalue weighted by molar-refractivity contribution is 5.87. The van der Waals surface area contributed by atoms with E-state index in [-0.39, 0.29) is 24.4 Å². The van der Waals surface area contributed by atoms with Crippen LogP contribution in [0, 0.1) is 5.82 Å². The van der Waals surface area contributed by atoms with Crippen LogP contribution in [-0.4, -0.2) is 23.7 Å². The third-order valence-electron chi connectivity index (χ3n) is 2.78. The average Bonchev–Trinajstić information content (AvgIpc) is 2.29. The number of hydrogen-bond donors (Lipinski definition) is 2. The highest BCUT2D eigenvalue weighted by Gasteiger charge is 2.30. The Hall–Kier alpha value is -1.42. The highest BCUT2D eigenvalue weighted by atomic mass is 19.1. The Kier molecular flexibility index (Phi) is 4.23. The van der Waals surface area contributed by atoms with Crippen molar-refractivity contribution in [3.63, 3.8) is 0 Å². The molecule has 0 saturated heterocycles. The van der Waals surface area contributed by atoms with Gasteiger partial charge in [-0.15, -0.1) is 0 Å². The molecule has 0 heterocycles. The first-order chi connectivity index (χ1) is 7.87. The molecule has 0 aromatic heterocycles. The molecule has 0 aliphatic heterocycles. The van der Waals surface area contributed by atoms with E-state index >= 15 is 0 Å². The molecule has 0 unspecified atom stereocenters. The quantitative estimate of drug-likeness (QED) is 0.838. The molecule has 1 amide bonds. The number of benzene rings is 1. The van der Waals surface area contributed by atoms with Crippen LogP contribution in [0.2, 0.25) is 0 Å². The molecule has 1 rings (SSSR count). The number of nitrogens with one attached hydrogen (secondary N) is 1. The number of aliphatic hydroxyl groups excluding tert-OH is 1. The number of amides is 1. The molecular weight excluding hydrogens is 221 g/mol. The van der Waals surface area contributed by atoms with Gasteiger partial charge in [-0.2, -0.15) is 0 Å². The molecular formula is C13H18FNO2. The smallest absolute Gasteiger partial charge is 0.230 e. The molecule has 0 spiro atoms. The monoisotopic (exact) mass is 239 g/mol. The summed E-state index contributed by atoms with van der Waals surface area (Å²) >= 11 is 0. The average molecular weight is 239 g/mol. The van der Waals surface area contributed by atoms with E-state index in [2.05, 4.69) is 5.32 Å². The molecule has 3 nitrogen and oxygen atoms in total. The van der Waals surface area contributed by atoms with Gasteiger partial charge < -0.3 is 10.4 Å². The van der Waals surface area contributed by atoms with Crippen molar-refractivity contribution < 1.29 is 14.3 Å². The molecule has 1 aromatic carbocycles. The van der Waals surface area contributed by atoms with Crippen LogP contribution >= 0.6 is 0 Å². The molecule has 94 valence electrons. The Morgan fingerprint density at radius 1 is 1.41 bits per heavy atom. The van der Waals surface area contributed by atoms with Gasteiger partial charge in [0.2, 0.25) is 5.91 Å². The molecule has 0 aliphatic carbocycles. The topological polar surface area (TPSA) is 49.3 Å². The van der Waals surface area contributed by atoms with Crippen molar-refractivity contribution in [2.45, 2.75) is 32.2 Å². The van der Waals surface area contributed by atoms with Crippen LogP contribution in [0.3, 0.4) is 0 Å². The van der Waals surface area contributed by atoms with Crippen molar-refractivity contribution in [1.29, 1.82) is 0 Å². The molecule has 1 aromatic rings. The second-order valence-corrected chi connectivity index (χ2v) is 4.69. The Balaban J connectivity index is 2.86. The van der Waals surface area contributed by atoms with Crippen molar-refractivity contribution in [3.8, 4) is 0 Å². The van der Waals surface area contributed by atoms with Crippen molar-refractivity contribution in [2.24, 2.45) is 0 Å². The molecule has 0 bridgehead atoms. The van der Waals surface area contributed by atoms with Gasteiger partial charge >= 0.3 is 0 Å². The lowest BCUT2D eigenvalue weighted by Gasteiger charge is -2.26. The van der Waals surface area contributed by atoms with Gasteiger partial charge in [0.05, 0.1) is 12.0 Å². The van der Waals surface area contributed by atoms with E-state index in [0.29, 0.717) is 0 Å². The van der Waals surface area contributed by atoms with Crippen LogP contribution in [0.25, 0.3) is 0 Å². The summed E-state index contributed by atoms with van der Waals surface area (Å²) in [5.41, 5.74) is -0.0153. The third kappa shape index (κ3) is 3.27. The van der Waals surface area contributed by atoms with E-state index in [1.165, 1.54) is 12.1 Å². The summed E-state index contributed by atoms with van der Waals surface area (Å²) in [6.07, 6.45) is 0. The van der Waals surface area contributed by atoms with Crippen LogP contribution in [0.4, 0.5) is 4.39 Å². The van der Waals surface area contributed by atoms with E-state index in [9.17, 15) is 9.18 Å². The summed E-state index contributed by atoms with van der Waals surface area (Å²) in [5.74, 6) is -0.514. The van der Waals surface area contributed by atoms with Gasteiger partial charge in [-0.05, 0) is 38.5 Å². The molecule has 0 saturated carbocycles. The predicted molar refractivity (Wildman–Crippen MR) is 64.1 cm³/mol. The molecule has 4 heteroatoms. The standard InChI is InChI=1S/C13H18FNO2/c1-9(8-16)15-12(17)13(2,3)10-4-6-11(14)7-5-10/h4-7,9,16H,8H2,1-3H3,(H,15,17)/t9-/m0/s1. The van der Waals surface area contributed by atoms with Gasteiger partial charge in [0, 0.05) is 6.04 Å². The Labute approximate surface area is 101 Å². The minimum absolute atomic E-state index is 0.106. The highest BCUT2D eigenvalue weighted by Crippen LogP contribution is 2.23. The Bertz CT molecular complexity index is 387. The van der Waals surface area contributed by atoms with Crippen molar-refractivity contribution in [2.75, 3.05) is 6.61 Å². The van der Waals surface area contributed by atoms with E-state index in [1.54, 1.807) is 32.9 Å². The lowest BCUT2D eigenvalue weighted by molar-refractivity contribution is -0.126. The summed E-state index contributed by atoms with van der Waals surface area (Å²) in [5, 5.41) is 11.6. The lowest BCUT2D eigenvalue weighted by Crippen LogP contribution is -2.45. The molecule has 1 atom stereocenters.